The van der Waals surface area contributed by atoms with Gasteiger partial charge < -0.3 is 14.8 Å². The molecule has 2 aromatic rings. The largest absolute Gasteiger partial charge is 0.380 e. The molecule has 0 bridgehead atoms. The number of hydrogen-bond acceptors (Lipinski definition) is 5. The molecule has 1 aliphatic heterocycles. The van der Waals surface area contributed by atoms with E-state index in [0.717, 1.165) is 37.0 Å². The number of carbonyl (C=O) groups is 1. The Morgan fingerprint density at radius 1 is 1.27 bits per heavy atom. The number of ether oxygens (including phenoxy) is 2. The van der Waals surface area contributed by atoms with Gasteiger partial charge in [0, 0.05) is 43.8 Å². The zero-order valence-corrected chi connectivity index (χ0v) is 15.3. The molecular formula is C20H25N3O3. The molecule has 1 aromatic heterocycles. The number of carbonyl (C=O) groups excluding carboxylic acids is 1. The highest BCUT2D eigenvalue weighted by Crippen LogP contribution is 2.32. The highest BCUT2D eigenvalue weighted by atomic mass is 16.5. The van der Waals surface area contributed by atoms with E-state index in [2.05, 4.69) is 15.3 Å². The van der Waals surface area contributed by atoms with Crippen molar-refractivity contribution < 1.29 is 14.3 Å². The molecule has 1 aliphatic rings. The second kappa shape index (κ2) is 8.38. The molecule has 26 heavy (non-hydrogen) atoms. The van der Waals surface area contributed by atoms with Gasteiger partial charge in [-0.05, 0) is 43.9 Å². The summed E-state index contributed by atoms with van der Waals surface area (Å²) in [7, 11) is 1.63. The van der Waals surface area contributed by atoms with Gasteiger partial charge in [0.15, 0.2) is 5.82 Å². The first-order valence-corrected chi connectivity index (χ1v) is 8.92. The Hall–Kier alpha value is -2.31. The van der Waals surface area contributed by atoms with Crippen molar-refractivity contribution in [3.8, 4) is 0 Å². The molecule has 0 spiro atoms. The van der Waals surface area contributed by atoms with Crippen molar-refractivity contribution in [1.29, 1.82) is 0 Å². The number of methoxy groups -OCH3 is 1. The predicted molar refractivity (Wildman–Crippen MR) is 97.5 cm³/mol. The van der Waals surface area contributed by atoms with Crippen molar-refractivity contribution in [1.82, 2.24) is 15.3 Å². The summed E-state index contributed by atoms with van der Waals surface area (Å²) < 4.78 is 11.0. The lowest BCUT2D eigenvalue weighted by atomic mass is 9.95. The average molecular weight is 355 g/mol. The Kier molecular flexibility index (Phi) is 5.96. The molecule has 1 atom stereocenters. The van der Waals surface area contributed by atoms with Gasteiger partial charge in [0.25, 0.3) is 5.91 Å². The molecule has 2 heterocycles. The summed E-state index contributed by atoms with van der Waals surface area (Å²) in [5, 5.41) is 2.90. The van der Waals surface area contributed by atoms with E-state index < -0.39 is 5.60 Å². The molecular weight excluding hydrogens is 330 g/mol. The molecule has 138 valence electrons. The number of rotatable bonds is 6. The number of hydrogen-bond donors (Lipinski definition) is 1. The SMILES string of the molecule is COCc1cccc(C(=O)NCc2cnc(C3(C)CCCCO3)nc2)c1. The lowest BCUT2D eigenvalue weighted by molar-refractivity contribution is -0.0760. The molecule has 1 aromatic carbocycles. The monoisotopic (exact) mass is 355 g/mol. The van der Waals surface area contributed by atoms with Gasteiger partial charge in [-0.1, -0.05) is 12.1 Å². The molecule has 0 radical (unpaired) electrons. The molecule has 3 rings (SSSR count). The lowest BCUT2D eigenvalue weighted by Crippen LogP contribution is -2.32. The summed E-state index contributed by atoms with van der Waals surface area (Å²) in [6, 6.07) is 7.40. The van der Waals surface area contributed by atoms with Crippen LogP contribution in [0, 0.1) is 0 Å². The van der Waals surface area contributed by atoms with E-state index in [1.54, 1.807) is 25.6 Å². The number of nitrogens with one attached hydrogen (secondary N) is 1. The average Bonchev–Trinajstić information content (AvgIpc) is 2.67. The van der Waals surface area contributed by atoms with Crippen LogP contribution in [0.1, 0.15) is 53.5 Å². The molecule has 1 saturated heterocycles. The van der Waals surface area contributed by atoms with Crippen molar-refractivity contribution in [2.45, 2.75) is 44.9 Å². The number of nitrogens with zero attached hydrogens (tertiary/aromatic N) is 2. The minimum atomic E-state index is -0.401. The van der Waals surface area contributed by atoms with Gasteiger partial charge in [-0.3, -0.25) is 4.79 Å². The topological polar surface area (TPSA) is 73.3 Å². The third-order valence-electron chi connectivity index (χ3n) is 4.60. The molecule has 0 aliphatic carbocycles. The minimum Gasteiger partial charge on any atom is -0.380 e. The van der Waals surface area contributed by atoms with Gasteiger partial charge in [-0.25, -0.2) is 9.97 Å². The molecule has 1 fully saturated rings. The Labute approximate surface area is 154 Å². The zero-order chi connectivity index (χ0) is 18.4. The quantitative estimate of drug-likeness (QED) is 0.862. The fourth-order valence-electron chi connectivity index (χ4n) is 3.08. The number of benzene rings is 1. The molecule has 0 saturated carbocycles. The van der Waals surface area contributed by atoms with Crippen molar-refractivity contribution >= 4 is 5.91 Å². The molecule has 1 N–H and O–H groups in total. The van der Waals surface area contributed by atoms with E-state index in [1.807, 2.05) is 25.1 Å². The van der Waals surface area contributed by atoms with Gasteiger partial charge in [0.1, 0.15) is 5.60 Å². The zero-order valence-electron chi connectivity index (χ0n) is 15.3. The highest BCUT2D eigenvalue weighted by Gasteiger charge is 2.32. The second-order valence-corrected chi connectivity index (χ2v) is 6.77. The van der Waals surface area contributed by atoms with Gasteiger partial charge in [0.2, 0.25) is 0 Å². The Morgan fingerprint density at radius 2 is 2.08 bits per heavy atom. The van der Waals surface area contributed by atoms with Crippen LogP contribution < -0.4 is 5.32 Å². The highest BCUT2D eigenvalue weighted by molar-refractivity contribution is 5.94. The van der Waals surface area contributed by atoms with Crippen molar-refractivity contribution in [2.24, 2.45) is 0 Å². The second-order valence-electron chi connectivity index (χ2n) is 6.77. The standard InChI is InChI=1S/C20H25N3O3/c1-20(8-3-4-9-26-20)19-22-12-16(13-23-19)11-21-18(24)17-7-5-6-15(10-17)14-25-2/h5-7,10,12-13H,3-4,8-9,11,14H2,1-2H3,(H,21,24). The fraction of sp³-hybridized carbons (Fsp3) is 0.450. The van der Waals surface area contributed by atoms with E-state index in [0.29, 0.717) is 24.5 Å². The van der Waals surface area contributed by atoms with Gasteiger partial charge >= 0.3 is 0 Å². The van der Waals surface area contributed by atoms with E-state index in [4.69, 9.17) is 9.47 Å². The van der Waals surface area contributed by atoms with Crippen LogP contribution in [-0.4, -0.2) is 29.6 Å². The number of aromatic nitrogens is 2. The van der Waals surface area contributed by atoms with Crippen LogP contribution >= 0.6 is 0 Å². The van der Waals surface area contributed by atoms with Crippen LogP contribution in [-0.2, 0) is 28.2 Å². The van der Waals surface area contributed by atoms with Crippen LogP contribution in [0.3, 0.4) is 0 Å². The van der Waals surface area contributed by atoms with Crippen LogP contribution in [0.5, 0.6) is 0 Å². The van der Waals surface area contributed by atoms with E-state index >= 15 is 0 Å². The number of amides is 1. The summed E-state index contributed by atoms with van der Waals surface area (Å²) in [5.41, 5.74) is 2.03. The Morgan fingerprint density at radius 3 is 2.77 bits per heavy atom. The minimum absolute atomic E-state index is 0.130. The summed E-state index contributed by atoms with van der Waals surface area (Å²) in [6.45, 7) is 3.65. The summed E-state index contributed by atoms with van der Waals surface area (Å²) in [5.74, 6) is 0.578. The van der Waals surface area contributed by atoms with Crippen molar-refractivity contribution in [2.75, 3.05) is 13.7 Å². The first kappa shape index (κ1) is 18.5. The first-order chi connectivity index (χ1) is 12.6. The van der Waals surface area contributed by atoms with Gasteiger partial charge in [-0.2, -0.15) is 0 Å². The van der Waals surface area contributed by atoms with Crippen LogP contribution in [0.2, 0.25) is 0 Å². The molecule has 1 unspecified atom stereocenters. The van der Waals surface area contributed by atoms with E-state index in [-0.39, 0.29) is 5.91 Å². The van der Waals surface area contributed by atoms with Crippen LogP contribution in [0.25, 0.3) is 0 Å². The van der Waals surface area contributed by atoms with Crippen LogP contribution in [0.15, 0.2) is 36.7 Å². The maximum absolute atomic E-state index is 12.3. The third-order valence-corrected chi connectivity index (χ3v) is 4.60. The lowest BCUT2D eigenvalue weighted by Gasteiger charge is -2.32. The van der Waals surface area contributed by atoms with Crippen molar-refractivity contribution in [3.05, 3.63) is 59.2 Å². The normalized spacial score (nSPS) is 19.9. The fourth-order valence-corrected chi connectivity index (χ4v) is 3.08. The first-order valence-electron chi connectivity index (χ1n) is 8.92. The summed E-state index contributed by atoms with van der Waals surface area (Å²) >= 11 is 0. The van der Waals surface area contributed by atoms with E-state index in [9.17, 15) is 4.79 Å². The Balaban J connectivity index is 1.59. The van der Waals surface area contributed by atoms with E-state index in [1.165, 1.54) is 0 Å². The third kappa shape index (κ3) is 4.45. The maximum atomic E-state index is 12.3. The summed E-state index contributed by atoms with van der Waals surface area (Å²) in [6.07, 6.45) is 6.66. The molecule has 1 amide bonds. The predicted octanol–water partition coefficient (Wildman–Crippen LogP) is 2.97. The van der Waals surface area contributed by atoms with Gasteiger partial charge in [-0.15, -0.1) is 0 Å². The smallest absolute Gasteiger partial charge is 0.251 e. The molecule has 6 heteroatoms. The van der Waals surface area contributed by atoms with Crippen molar-refractivity contribution in [3.63, 3.8) is 0 Å². The Bertz CT molecular complexity index is 740. The maximum Gasteiger partial charge on any atom is 0.251 e. The van der Waals surface area contributed by atoms with Gasteiger partial charge in [0.05, 0.1) is 6.61 Å². The summed E-state index contributed by atoms with van der Waals surface area (Å²) in [4.78, 5) is 21.2. The molecule has 6 nitrogen and oxygen atoms in total. The van der Waals surface area contributed by atoms with Crippen LogP contribution in [0.4, 0.5) is 0 Å².